The number of hydrogen-bond acceptors (Lipinski definition) is 5. The van der Waals surface area contributed by atoms with E-state index in [1.165, 1.54) is 0 Å². The van der Waals surface area contributed by atoms with Crippen LogP contribution in [0, 0.1) is 0 Å². The van der Waals surface area contributed by atoms with Crippen molar-refractivity contribution in [3.63, 3.8) is 0 Å². The van der Waals surface area contributed by atoms with Gasteiger partial charge in [0.05, 0.1) is 6.61 Å². The van der Waals surface area contributed by atoms with Crippen LogP contribution in [0.15, 0.2) is 5.11 Å². The van der Waals surface area contributed by atoms with E-state index in [0.717, 1.165) is 0 Å². The molecule has 3 N–H and O–H groups in total. The van der Waals surface area contributed by atoms with E-state index < -0.39 is 31.1 Å². The minimum absolute atomic E-state index is 0.421. The predicted molar refractivity (Wildman–Crippen MR) is 36.9 cm³/mol. The Kier molecular flexibility index (Phi) is 2.85. The SMILES string of the molecule is [N-]=[N+]=N[C@@H]1O[C@H](CO)[C@@H](O)[C@H]1O. The Labute approximate surface area is 67.8 Å². The molecule has 0 spiro atoms. The normalized spacial score (nSPS) is 40.9. The third-order valence-electron chi connectivity index (χ3n) is 1.68. The molecule has 0 aromatic heterocycles. The van der Waals surface area contributed by atoms with Gasteiger partial charge in [0.2, 0.25) is 0 Å². The summed E-state index contributed by atoms with van der Waals surface area (Å²) in [6, 6.07) is 0. The van der Waals surface area contributed by atoms with Crippen molar-refractivity contribution in [3.05, 3.63) is 10.4 Å². The monoisotopic (exact) mass is 175 g/mol. The molecule has 1 fully saturated rings. The summed E-state index contributed by atoms with van der Waals surface area (Å²) in [5, 5.41) is 30.0. The Morgan fingerprint density at radius 2 is 2.08 bits per heavy atom. The summed E-state index contributed by atoms with van der Waals surface area (Å²) in [6.45, 7) is -0.421. The number of azide groups is 1. The Morgan fingerprint density at radius 3 is 2.50 bits per heavy atom. The van der Waals surface area contributed by atoms with Gasteiger partial charge in [0.1, 0.15) is 18.3 Å². The van der Waals surface area contributed by atoms with Crippen LogP contribution in [-0.2, 0) is 4.74 Å². The minimum Gasteiger partial charge on any atom is -0.394 e. The number of aliphatic hydroxyl groups excluding tert-OH is 3. The van der Waals surface area contributed by atoms with E-state index in [-0.39, 0.29) is 0 Å². The Hall–Kier alpha value is -0.850. The molecule has 1 saturated heterocycles. The number of nitrogens with zero attached hydrogens (tertiary/aromatic N) is 3. The summed E-state index contributed by atoms with van der Waals surface area (Å²) >= 11 is 0. The molecule has 0 unspecified atom stereocenters. The molecule has 1 heterocycles. The number of hydrogen-bond donors (Lipinski definition) is 3. The zero-order chi connectivity index (χ0) is 9.14. The predicted octanol–water partition coefficient (Wildman–Crippen LogP) is -1.26. The van der Waals surface area contributed by atoms with Crippen molar-refractivity contribution in [2.75, 3.05) is 6.61 Å². The molecule has 0 bridgehead atoms. The molecule has 0 aliphatic carbocycles. The molecular weight excluding hydrogens is 166 g/mol. The molecule has 1 aliphatic rings. The number of ether oxygens (including phenoxy) is 1. The molecule has 12 heavy (non-hydrogen) atoms. The summed E-state index contributed by atoms with van der Waals surface area (Å²) in [6.07, 6.45) is -4.46. The molecule has 0 radical (unpaired) electrons. The average Bonchev–Trinajstić information content (AvgIpc) is 2.33. The highest BCUT2D eigenvalue weighted by molar-refractivity contribution is 4.88. The molecule has 1 rings (SSSR count). The van der Waals surface area contributed by atoms with Gasteiger partial charge in [0, 0.05) is 4.91 Å². The Bertz CT molecular complexity index is 205. The number of rotatable bonds is 2. The van der Waals surface area contributed by atoms with Crippen LogP contribution in [0.4, 0.5) is 0 Å². The van der Waals surface area contributed by atoms with Gasteiger partial charge in [-0.2, -0.15) is 0 Å². The van der Waals surface area contributed by atoms with Crippen LogP contribution in [0.2, 0.25) is 0 Å². The van der Waals surface area contributed by atoms with Crippen LogP contribution in [0.3, 0.4) is 0 Å². The standard InChI is InChI=1S/C5H9N3O4/c6-8-7-5-4(11)3(10)2(1-9)12-5/h2-5,9-11H,1H2/t2-,3-,4-,5-/m1/s1. The zero-order valence-electron chi connectivity index (χ0n) is 6.11. The van der Waals surface area contributed by atoms with Crippen LogP contribution >= 0.6 is 0 Å². The van der Waals surface area contributed by atoms with Crippen LogP contribution < -0.4 is 0 Å². The van der Waals surface area contributed by atoms with Crippen molar-refractivity contribution >= 4 is 0 Å². The highest BCUT2D eigenvalue weighted by Gasteiger charge is 2.41. The molecule has 7 nitrogen and oxygen atoms in total. The van der Waals surface area contributed by atoms with E-state index in [0.29, 0.717) is 0 Å². The molecular formula is C5H9N3O4. The maximum Gasteiger partial charge on any atom is 0.165 e. The van der Waals surface area contributed by atoms with Crippen LogP contribution in [0.25, 0.3) is 10.4 Å². The Morgan fingerprint density at radius 1 is 1.42 bits per heavy atom. The van der Waals surface area contributed by atoms with Gasteiger partial charge < -0.3 is 20.1 Å². The zero-order valence-corrected chi connectivity index (χ0v) is 6.11. The lowest BCUT2D eigenvalue weighted by Crippen LogP contribution is -2.33. The van der Waals surface area contributed by atoms with E-state index in [9.17, 15) is 0 Å². The van der Waals surface area contributed by atoms with E-state index in [1.807, 2.05) is 0 Å². The quantitative estimate of drug-likeness (QED) is 0.275. The first-order chi connectivity index (χ1) is 5.70. The van der Waals surface area contributed by atoms with Gasteiger partial charge in [-0.15, -0.1) is 0 Å². The van der Waals surface area contributed by atoms with Gasteiger partial charge in [-0.05, 0) is 5.53 Å². The summed E-state index contributed by atoms with van der Waals surface area (Å²) in [4.78, 5) is 2.42. The van der Waals surface area contributed by atoms with Crippen molar-refractivity contribution in [1.82, 2.24) is 0 Å². The smallest absolute Gasteiger partial charge is 0.165 e. The fourth-order valence-corrected chi connectivity index (χ4v) is 1.03. The molecule has 0 aromatic carbocycles. The van der Waals surface area contributed by atoms with Crippen LogP contribution in [-0.4, -0.2) is 46.5 Å². The largest absolute Gasteiger partial charge is 0.394 e. The highest BCUT2D eigenvalue weighted by atomic mass is 16.6. The fourth-order valence-electron chi connectivity index (χ4n) is 1.03. The molecule has 0 amide bonds. The molecule has 7 heteroatoms. The third-order valence-corrected chi connectivity index (χ3v) is 1.68. The maximum atomic E-state index is 9.14. The second-order valence-corrected chi connectivity index (χ2v) is 2.43. The second kappa shape index (κ2) is 3.70. The summed E-state index contributed by atoms with van der Waals surface area (Å²) in [5.41, 5.74) is 8.01. The first-order valence-corrected chi connectivity index (χ1v) is 3.37. The molecule has 68 valence electrons. The van der Waals surface area contributed by atoms with Gasteiger partial charge in [0.25, 0.3) is 0 Å². The lowest BCUT2D eigenvalue weighted by atomic mass is 10.1. The van der Waals surface area contributed by atoms with Gasteiger partial charge in [-0.1, -0.05) is 5.11 Å². The molecule has 4 atom stereocenters. The maximum absolute atomic E-state index is 9.14. The topological polar surface area (TPSA) is 119 Å². The first-order valence-electron chi connectivity index (χ1n) is 3.37. The van der Waals surface area contributed by atoms with Crippen LogP contribution in [0.1, 0.15) is 0 Å². The lowest BCUT2D eigenvalue weighted by Gasteiger charge is -2.10. The van der Waals surface area contributed by atoms with E-state index in [2.05, 4.69) is 10.0 Å². The molecule has 0 aromatic rings. The third kappa shape index (κ3) is 1.50. The second-order valence-electron chi connectivity index (χ2n) is 2.43. The van der Waals surface area contributed by atoms with Gasteiger partial charge in [-0.25, -0.2) is 0 Å². The van der Waals surface area contributed by atoms with Crippen molar-refractivity contribution in [2.45, 2.75) is 24.5 Å². The van der Waals surface area contributed by atoms with Crippen molar-refractivity contribution in [2.24, 2.45) is 5.11 Å². The van der Waals surface area contributed by atoms with Crippen LogP contribution in [0.5, 0.6) is 0 Å². The summed E-state index contributed by atoms with van der Waals surface area (Å²) in [5.74, 6) is 0. The lowest BCUT2D eigenvalue weighted by molar-refractivity contribution is -0.0198. The van der Waals surface area contributed by atoms with Crippen molar-refractivity contribution in [3.8, 4) is 0 Å². The summed E-state index contributed by atoms with van der Waals surface area (Å²) < 4.78 is 4.81. The van der Waals surface area contributed by atoms with E-state index >= 15 is 0 Å². The van der Waals surface area contributed by atoms with Gasteiger partial charge in [0.15, 0.2) is 6.23 Å². The number of aliphatic hydroxyl groups is 3. The summed E-state index contributed by atoms with van der Waals surface area (Å²) in [7, 11) is 0. The Balaban J connectivity index is 2.66. The minimum atomic E-state index is -1.27. The average molecular weight is 175 g/mol. The molecule has 1 aliphatic heterocycles. The van der Waals surface area contributed by atoms with Gasteiger partial charge in [-0.3, -0.25) is 0 Å². The van der Waals surface area contributed by atoms with E-state index in [4.69, 9.17) is 25.6 Å². The first kappa shape index (κ1) is 9.24. The fraction of sp³-hybridized carbons (Fsp3) is 1.00. The van der Waals surface area contributed by atoms with Gasteiger partial charge >= 0.3 is 0 Å². The molecule has 0 saturated carbocycles. The van der Waals surface area contributed by atoms with Crippen molar-refractivity contribution in [1.29, 1.82) is 0 Å². The van der Waals surface area contributed by atoms with E-state index in [1.54, 1.807) is 0 Å². The van der Waals surface area contributed by atoms with Crippen molar-refractivity contribution < 1.29 is 20.1 Å². The highest BCUT2D eigenvalue weighted by Crippen LogP contribution is 2.21.